The van der Waals surface area contributed by atoms with Crippen molar-refractivity contribution in [3.05, 3.63) is 12.3 Å². The number of nitrogens with zero attached hydrogens (tertiary/aromatic N) is 2. The first-order chi connectivity index (χ1) is 6.58. The number of carbonyl (C=O) groups excluding carboxylic acids is 1. The number of aliphatic hydroxyl groups excluding tert-OH is 1. The van der Waals surface area contributed by atoms with Gasteiger partial charge in [0.2, 0.25) is 0 Å². The van der Waals surface area contributed by atoms with Gasteiger partial charge in [-0.3, -0.25) is 9.48 Å². The third-order valence-corrected chi connectivity index (χ3v) is 1.44. The van der Waals surface area contributed by atoms with E-state index in [2.05, 4.69) is 5.10 Å². The number of esters is 1. The maximum Gasteiger partial charge on any atom is 0.327 e. The van der Waals surface area contributed by atoms with Crippen LogP contribution in [0.4, 0.5) is 5.82 Å². The average Bonchev–Trinajstić information content (AvgIpc) is 2.48. The van der Waals surface area contributed by atoms with Crippen molar-refractivity contribution < 1.29 is 14.6 Å². The van der Waals surface area contributed by atoms with Crippen molar-refractivity contribution in [2.75, 3.05) is 12.3 Å². The fraction of sp³-hybridized carbons (Fsp3) is 0.500. The van der Waals surface area contributed by atoms with Crippen LogP contribution >= 0.6 is 0 Å². The molecule has 1 heterocycles. The Kier molecular flexibility index (Phi) is 3.47. The number of ether oxygens (including phenoxy) is 1. The molecule has 1 aromatic heterocycles. The summed E-state index contributed by atoms with van der Waals surface area (Å²) in [7, 11) is 0. The number of hydrogen-bond acceptors (Lipinski definition) is 5. The molecule has 78 valence electrons. The summed E-state index contributed by atoms with van der Waals surface area (Å²) in [5, 5.41) is 12.7. The van der Waals surface area contributed by atoms with Gasteiger partial charge in [0.1, 0.15) is 19.0 Å². The molecule has 0 aliphatic rings. The topological polar surface area (TPSA) is 90.4 Å². The molecule has 0 fully saturated rings. The molecule has 0 saturated carbocycles. The number of aliphatic hydroxyl groups is 1. The number of aromatic nitrogens is 2. The number of carbonyl (C=O) groups is 1. The highest BCUT2D eigenvalue weighted by molar-refractivity contribution is 5.69. The molecule has 0 amide bonds. The quantitative estimate of drug-likeness (QED) is 0.631. The van der Waals surface area contributed by atoms with E-state index >= 15 is 0 Å². The first-order valence-corrected chi connectivity index (χ1v) is 4.20. The van der Waals surface area contributed by atoms with Gasteiger partial charge in [-0.15, -0.1) is 0 Å². The van der Waals surface area contributed by atoms with Crippen LogP contribution in [0.25, 0.3) is 0 Å². The molecule has 0 aliphatic heterocycles. The standard InChI is InChI=1S/C8H13N3O3/c1-6(12)5-14-8(13)4-11-3-2-7(9)10-11/h2-3,6,12H,4-5H2,1H3,(H2,9,10). The minimum Gasteiger partial charge on any atom is -0.462 e. The van der Waals surface area contributed by atoms with Crippen LogP contribution in [0.3, 0.4) is 0 Å². The number of nitrogens with two attached hydrogens (primary N) is 1. The van der Waals surface area contributed by atoms with Gasteiger partial charge in [0.15, 0.2) is 0 Å². The highest BCUT2D eigenvalue weighted by atomic mass is 16.5. The third-order valence-electron chi connectivity index (χ3n) is 1.44. The molecule has 0 aromatic carbocycles. The molecule has 0 aliphatic carbocycles. The van der Waals surface area contributed by atoms with Crippen LogP contribution in [0.15, 0.2) is 12.3 Å². The van der Waals surface area contributed by atoms with E-state index in [1.165, 1.54) is 4.68 Å². The second-order valence-corrected chi connectivity index (χ2v) is 2.97. The van der Waals surface area contributed by atoms with Gasteiger partial charge in [-0.05, 0) is 13.0 Å². The van der Waals surface area contributed by atoms with Crippen molar-refractivity contribution in [1.82, 2.24) is 9.78 Å². The fourth-order valence-electron chi connectivity index (χ4n) is 0.857. The monoisotopic (exact) mass is 199 g/mol. The van der Waals surface area contributed by atoms with E-state index < -0.39 is 12.1 Å². The lowest BCUT2D eigenvalue weighted by Crippen LogP contribution is -2.19. The van der Waals surface area contributed by atoms with Gasteiger partial charge < -0.3 is 15.6 Å². The predicted octanol–water partition coefficient (Wildman–Crippen LogP) is -0.611. The molecule has 1 atom stereocenters. The summed E-state index contributed by atoms with van der Waals surface area (Å²) in [5.41, 5.74) is 5.35. The molecule has 0 spiro atoms. The van der Waals surface area contributed by atoms with E-state index in [9.17, 15) is 4.79 Å². The molecule has 0 saturated heterocycles. The van der Waals surface area contributed by atoms with Crippen LogP contribution in [0, 0.1) is 0 Å². The van der Waals surface area contributed by atoms with Crippen LogP contribution in [-0.2, 0) is 16.1 Å². The average molecular weight is 199 g/mol. The molecule has 1 rings (SSSR count). The minimum atomic E-state index is -0.651. The lowest BCUT2D eigenvalue weighted by atomic mass is 10.4. The Balaban J connectivity index is 2.34. The molecule has 6 heteroatoms. The van der Waals surface area contributed by atoms with E-state index in [1.807, 2.05) is 0 Å². The van der Waals surface area contributed by atoms with E-state index in [0.717, 1.165) is 0 Å². The number of nitrogen functional groups attached to an aromatic ring is 1. The van der Waals surface area contributed by atoms with E-state index in [4.69, 9.17) is 15.6 Å². The van der Waals surface area contributed by atoms with Gasteiger partial charge in [-0.1, -0.05) is 0 Å². The molecule has 3 N–H and O–H groups in total. The summed E-state index contributed by atoms with van der Waals surface area (Å²) in [4.78, 5) is 11.1. The summed E-state index contributed by atoms with van der Waals surface area (Å²) in [6.07, 6.45) is 0.931. The maximum atomic E-state index is 11.1. The third kappa shape index (κ3) is 3.44. The number of hydrogen-bond donors (Lipinski definition) is 2. The Labute approximate surface area is 81.3 Å². The van der Waals surface area contributed by atoms with Crippen LogP contribution in [0.1, 0.15) is 6.92 Å². The molecular formula is C8H13N3O3. The van der Waals surface area contributed by atoms with Gasteiger partial charge in [-0.25, -0.2) is 0 Å². The molecule has 6 nitrogen and oxygen atoms in total. The van der Waals surface area contributed by atoms with E-state index in [1.54, 1.807) is 19.2 Å². The molecule has 1 aromatic rings. The van der Waals surface area contributed by atoms with Gasteiger partial charge in [0, 0.05) is 6.20 Å². The Bertz CT molecular complexity index is 309. The van der Waals surface area contributed by atoms with Crippen molar-refractivity contribution in [3.8, 4) is 0 Å². The largest absolute Gasteiger partial charge is 0.462 e. The van der Waals surface area contributed by atoms with Crippen molar-refractivity contribution in [2.45, 2.75) is 19.6 Å². The van der Waals surface area contributed by atoms with Gasteiger partial charge in [0.25, 0.3) is 0 Å². The Hall–Kier alpha value is -1.56. The first kappa shape index (κ1) is 10.5. The fourth-order valence-corrected chi connectivity index (χ4v) is 0.857. The minimum absolute atomic E-state index is 0.00389. The lowest BCUT2D eigenvalue weighted by molar-refractivity contribution is -0.147. The van der Waals surface area contributed by atoms with Crippen molar-refractivity contribution in [2.24, 2.45) is 0 Å². The summed E-state index contributed by atoms with van der Waals surface area (Å²) in [5.74, 6) is -0.0951. The number of rotatable bonds is 4. The highest BCUT2D eigenvalue weighted by Crippen LogP contribution is 1.96. The molecule has 1 unspecified atom stereocenters. The smallest absolute Gasteiger partial charge is 0.327 e. The predicted molar refractivity (Wildman–Crippen MR) is 49.3 cm³/mol. The normalized spacial score (nSPS) is 12.4. The lowest BCUT2D eigenvalue weighted by Gasteiger charge is -2.06. The Morgan fingerprint density at radius 3 is 3.07 bits per heavy atom. The van der Waals surface area contributed by atoms with E-state index in [-0.39, 0.29) is 13.2 Å². The summed E-state index contributed by atoms with van der Waals surface area (Å²) < 4.78 is 6.10. The summed E-state index contributed by atoms with van der Waals surface area (Å²) in [6.45, 7) is 1.54. The Morgan fingerprint density at radius 1 is 1.86 bits per heavy atom. The molecule has 14 heavy (non-hydrogen) atoms. The maximum absolute atomic E-state index is 11.1. The van der Waals surface area contributed by atoms with Crippen molar-refractivity contribution in [1.29, 1.82) is 0 Å². The summed E-state index contributed by atoms with van der Waals surface area (Å²) in [6, 6.07) is 1.59. The van der Waals surface area contributed by atoms with Crippen molar-refractivity contribution in [3.63, 3.8) is 0 Å². The van der Waals surface area contributed by atoms with Crippen LogP contribution in [-0.4, -0.2) is 33.6 Å². The Morgan fingerprint density at radius 2 is 2.57 bits per heavy atom. The van der Waals surface area contributed by atoms with Crippen LogP contribution in [0.2, 0.25) is 0 Å². The van der Waals surface area contributed by atoms with Gasteiger partial charge in [0.05, 0.1) is 6.10 Å². The zero-order valence-electron chi connectivity index (χ0n) is 7.88. The second kappa shape index (κ2) is 4.61. The summed E-state index contributed by atoms with van der Waals surface area (Å²) >= 11 is 0. The zero-order chi connectivity index (χ0) is 10.6. The zero-order valence-corrected chi connectivity index (χ0v) is 7.88. The van der Waals surface area contributed by atoms with Gasteiger partial charge >= 0.3 is 5.97 Å². The SMILES string of the molecule is CC(O)COC(=O)Cn1ccc(N)n1. The van der Waals surface area contributed by atoms with Crippen LogP contribution in [0.5, 0.6) is 0 Å². The van der Waals surface area contributed by atoms with E-state index in [0.29, 0.717) is 5.82 Å². The number of anilines is 1. The molecule has 0 bridgehead atoms. The van der Waals surface area contributed by atoms with Crippen molar-refractivity contribution >= 4 is 11.8 Å². The van der Waals surface area contributed by atoms with Gasteiger partial charge in [-0.2, -0.15) is 5.10 Å². The molecule has 0 radical (unpaired) electrons. The highest BCUT2D eigenvalue weighted by Gasteiger charge is 2.06. The van der Waals surface area contributed by atoms with Crippen LogP contribution < -0.4 is 5.73 Å². The molecular weight excluding hydrogens is 186 g/mol. The second-order valence-electron chi connectivity index (χ2n) is 2.97. The first-order valence-electron chi connectivity index (χ1n) is 4.20.